The van der Waals surface area contributed by atoms with Crippen LogP contribution in [0.15, 0.2) is 24.3 Å². The van der Waals surface area contributed by atoms with E-state index in [2.05, 4.69) is 5.32 Å². The molecule has 0 amide bonds. The van der Waals surface area contributed by atoms with E-state index in [0.29, 0.717) is 0 Å². The predicted molar refractivity (Wildman–Crippen MR) is 64.2 cm³/mol. The summed E-state index contributed by atoms with van der Waals surface area (Å²) >= 11 is 0. The first-order valence-electron chi connectivity index (χ1n) is 4.93. The van der Waals surface area contributed by atoms with E-state index in [0.717, 1.165) is 11.4 Å². The van der Waals surface area contributed by atoms with Crippen LogP contribution < -0.4 is 10.2 Å². The van der Waals surface area contributed by atoms with Gasteiger partial charge in [-0.05, 0) is 12.1 Å². The molecule has 0 aromatic heterocycles. The van der Waals surface area contributed by atoms with Crippen LogP contribution in [0, 0.1) is 0 Å². The fourth-order valence-corrected chi connectivity index (χ4v) is 1.35. The predicted octanol–water partition coefficient (Wildman–Crippen LogP) is 2.05. The summed E-state index contributed by atoms with van der Waals surface area (Å²) in [6.07, 6.45) is 2.04. The molecule has 0 unspecified atom stereocenters. The smallest absolute Gasteiger partial charge is 0.540 e. The molecule has 0 radical (unpaired) electrons. The maximum absolute atomic E-state index is 10.9. The Kier molecular flexibility index (Phi) is 6.20. The third-order valence-corrected chi connectivity index (χ3v) is 2.62. The van der Waals surface area contributed by atoms with Crippen LogP contribution in [0.4, 0.5) is 11.4 Å². The van der Waals surface area contributed by atoms with Crippen LogP contribution in [0.1, 0.15) is 13.8 Å². The summed E-state index contributed by atoms with van der Waals surface area (Å²) in [4.78, 5) is 12.8. The van der Waals surface area contributed by atoms with Crippen LogP contribution in [0.25, 0.3) is 0 Å². The van der Waals surface area contributed by atoms with Crippen molar-refractivity contribution in [2.24, 2.45) is 0 Å². The summed E-state index contributed by atoms with van der Waals surface area (Å²) < 4.78 is 0. The van der Waals surface area contributed by atoms with Gasteiger partial charge in [-0.3, -0.25) is 0 Å². The number of rotatable bonds is 4. The average Bonchev–Trinajstić information content (AvgIpc) is 2.28. The molecule has 82 valence electrons. The number of para-hydroxylation sites is 2. The maximum Gasteiger partial charge on any atom is 3.00 e. The minimum Gasteiger partial charge on any atom is -0.540 e. The third kappa shape index (κ3) is 3.29. The van der Waals surface area contributed by atoms with Crippen molar-refractivity contribution in [1.29, 1.82) is 0 Å². The number of nitrogens with zero attached hydrogens (tertiary/aromatic N) is 1. The molecule has 0 spiro atoms. The number of likely N-dealkylation sites (N-methyl/N-ethyl adjacent to an activating group) is 1. The van der Waals surface area contributed by atoms with Gasteiger partial charge in [0.05, 0.1) is 11.4 Å². The molecule has 1 aromatic carbocycles. The van der Waals surface area contributed by atoms with Crippen molar-refractivity contribution in [2.45, 2.75) is 19.4 Å². The van der Waals surface area contributed by atoms with Gasteiger partial charge in [-0.15, -0.1) is 0 Å². The molecule has 16 heavy (non-hydrogen) atoms. The Morgan fingerprint density at radius 2 is 1.88 bits per heavy atom. The Hall–Kier alpha value is -0.406. The van der Waals surface area contributed by atoms with Crippen LogP contribution in [-0.4, -0.2) is 25.9 Å². The van der Waals surface area contributed by atoms with Gasteiger partial charge in [0.15, 0.2) is 0 Å². The van der Waals surface area contributed by atoms with E-state index in [-0.39, 0.29) is 32.7 Å². The van der Waals surface area contributed by atoms with Crippen molar-refractivity contribution < 1.29 is 37.5 Å². The van der Waals surface area contributed by atoms with Crippen molar-refractivity contribution in [3.05, 3.63) is 24.3 Å². The van der Waals surface area contributed by atoms with Crippen molar-refractivity contribution >= 4 is 17.7 Å². The molecule has 0 aliphatic rings. The monoisotopic (exact) mass is 294 g/mol. The molecular formula is C12H17N2OY+2. The van der Waals surface area contributed by atoms with E-state index in [1.165, 1.54) is 0 Å². The van der Waals surface area contributed by atoms with Gasteiger partial charge in [-0.25, -0.2) is 6.29 Å². The average molecular weight is 294 g/mol. The van der Waals surface area contributed by atoms with E-state index < -0.39 is 5.54 Å². The summed E-state index contributed by atoms with van der Waals surface area (Å²) in [6.45, 7) is 3.68. The molecule has 0 aliphatic carbocycles. The third-order valence-electron chi connectivity index (χ3n) is 2.62. The fraction of sp³-hybridized carbons (Fsp3) is 0.417. The van der Waals surface area contributed by atoms with Crippen molar-refractivity contribution in [3.63, 3.8) is 0 Å². The van der Waals surface area contributed by atoms with E-state index in [9.17, 15) is 4.79 Å². The fourth-order valence-electron chi connectivity index (χ4n) is 1.35. The van der Waals surface area contributed by atoms with E-state index >= 15 is 0 Å². The molecular weight excluding hydrogens is 277 g/mol. The van der Waals surface area contributed by atoms with E-state index in [4.69, 9.17) is 0 Å². The zero-order valence-corrected chi connectivity index (χ0v) is 13.1. The van der Waals surface area contributed by atoms with Crippen LogP contribution in [0.2, 0.25) is 0 Å². The van der Waals surface area contributed by atoms with Crippen LogP contribution >= 0.6 is 0 Å². The molecule has 0 fully saturated rings. The van der Waals surface area contributed by atoms with Crippen molar-refractivity contribution in [1.82, 2.24) is 0 Å². The second-order valence-corrected chi connectivity index (χ2v) is 3.99. The Labute approximate surface area is 122 Å². The SMILES string of the molecule is CNc1ccccc1N(C)C(C)(C)[C-]=O.[Y+3]. The number of benzene rings is 1. The van der Waals surface area contributed by atoms with Gasteiger partial charge in [0, 0.05) is 14.1 Å². The Morgan fingerprint density at radius 1 is 1.31 bits per heavy atom. The largest absolute Gasteiger partial charge is 3.00 e. The van der Waals surface area contributed by atoms with Gasteiger partial charge in [-0.1, -0.05) is 31.5 Å². The zero-order valence-electron chi connectivity index (χ0n) is 10.2. The Balaban J connectivity index is 0.00000225. The Morgan fingerprint density at radius 3 is 2.38 bits per heavy atom. The molecule has 4 heteroatoms. The molecule has 1 rings (SSSR count). The second-order valence-electron chi connectivity index (χ2n) is 3.99. The first-order valence-corrected chi connectivity index (χ1v) is 4.93. The molecule has 0 saturated heterocycles. The minimum absolute atomic E-state index is 0. The molecule has 0 bridgehead atoms. The summed E-state index contributed by atoms with van der Waals surface area (Å²) in [5.74, 6) is 0. The van der Waals surface area contributed by atoms with Gasteiger partial charge < -0.3 is 15.0 Å². The first kappa shape index (κ1) is 15.6. The minimum atomic E-state index is -0.618. The van der Waals surface area contributed by atoms with Gasteiger partial charge in [0.2, 0.25) is 0 Å². The molecule has 3 nitrogen and oxygen atoms in total. The van der Waals surface area contributed by atoms with Crippen LogP contribution in [-0.2, 0) is 37.5 Å². The van der Waals surface area contributed by atoms with Gasteiger partial charge in [0.1, 0.15) is 0 Å². The topological polar surface area (TPSA) is 32.3 Å². The Bertz CT molecular complexity index is 353. The second kappa shape index (κ2) is 6.36. The number of nitrogens with one attached hydrogen (secondary N) is 1. The first-order chi connectivity index (χ1) is 7.03. The van der Waals surface area contributed by atoms with Gasteiger partial charge >= 0.3 is 32.7 Å². The normalized spacial score (nSPS) is 10.2. The van der Waals surface area contributed by atoms with E-state index in [1.54, 1.807) is 0 Å². The van der Waals surface area contributed by atoms with Crippen LogP contribution in [0.5, 0.6) is 0 Å². The molecule has 0 heterocycles. The summed E-state index contributed by atoms with van der Waals surface area (Å²) in [5, 5.41) is 3.10. The molecule has 0 saturated carbocycles. The summed E-state index contributed by atoms with van der Waals surface area (Å²) in [5.41, 5.74) is 1.38. The quantitative estimate of drug-likeness (QED) is 0.863. The number of hydrogen-bond donors (Lipinski definition) is 1. The maximum atomic E-state index is 10.9. The molecule has 1 aromatic rings. The summed E-state index contributed by atoms with van der Waals surface area (Å²) in [7, 11) is 3.76. The van der Waals surface area contributed by atoms with Gasteiger partial charge in [0.25, 0.3) is 0 Å². The number of hydrogen-bond acceptors (Lipinski definition) is 3. The van der Waals surface area contributed by atoms with Crippen molar-refractivity contribution in [3.8, 4) is 0 Å². The summed E-state index contributed by atoms with van der Waals surface area (Å²) in [6, 6.07) is 7.87. The molecule has 0 aliphatic heterocycles. The van der Waals surface area contributed by atoms with Gasteiger partial charge in [-0.2, -0.15) is 0 Å². The van der Waals surface area contributed by atoms with E-state index in [1.807, 2.05) is 63.4 Å². The standard InChI is InChI=1S/C12H17N2O.Y/c1-12(2,9-15)14(4)11-8-6-5-7-10(11)13-3;/h5-8,13H,1-4H3;/q-1;+3. The number of anilines is 2. The van der Waals surface area contributed by atoms with Crippen molar-refractivity contribution in [2.75, 3.05) is 24.3 Å². The molecule has 1 N–H and O–H groups in total. The van der Waals surface area contributed by atoms with Crippen LogP contribution in [0.3, 0.4) is 0 Å². The number of carbonyl (C=O) groups excluding carboxylic acids is 1. The molecule has 0 atom stereocenters. The zero-order chi connectivity index (χ0) is 11.5.